The molecule has 0 bridgehead atoms. The van der Waals surface area contributed by atoms with E-state index in [-0.39, 0.29) is 28.3 Å². The van der Waals surface area contributed by atoms with Crippen molar-refractivity contribution in [1.29, 1.82) is 0 Å². The summed E-state index contributed by atoms with van der Waals surface area (Å²) < 4.78 is 61.6. The minimum Gasteiger partial charge on any atom is -0.495 e. The van der Waals surface area contributed by atoms with Crippen LogP contribution < -0.4 is 10.1 Å². The fourth-order valence-corrected chi connectivity index (χ4v) is 8.53. The van der Waals surface area contributed by atoms with Crippen LogP contribution in [0, 0.1) is 6.92 Å². The maximum atomic E-state index is 13.2. The smallest absolute Gasteiger partial charge is 0.187 e. The van der Waals surface area contributed by atoms with Crippen molar-refractivity contribution < 1.29 is 26.3 Å². The second kappa shape index (κ2) is 7.46. The predicted octanol–water partition coefficient (Wildman–Crippen LogP) is 0.712. The van der Waals surface area contributed by atoms with Gasteiger partial charge in [-0.1, -0.05) is 6.07 Å². The van der Waals surface area contributed by atoms with Crippen LogP contribution in [0.4, 0.5) is 0 Å². The minimum atomic E-state index is -3.88. The number of hydrogen-bond acceptors (Lipinski definition) is 7. The monoisotopic (exact) mass is 403 g/mol. The molecule has 2 heterocycles. The first-order chi connectivity index (χ1) is 12.2. The Morgan fingerprint density at radius 1 is 1.31 bits per heavy atom. The van der Waals surface area contributed by atoms with Crippen LogP contribution >= 0.6 is 0 Å². The Hall–Kier alpha value is -1.16. The van der Waals surface area contributed by atoms with Crippen LogP contribution in [-0.2, 0) is 24.4 Å². The van der Waals surface area contributed by atoms with Crippen molar-refractivity contribution in [2.24, 2.45) is 0 Å². The van der Waals surface area contributed by atoms with Gasteiger partial charge in [0.05, 0.1) is 30.0 Å². The summed E-state index contributed by atoms with van der Waals surface area (Å²) in [6, 6.07) is 4.24. The number of sulfone groups is 2. The average Bonchev–Trinajstić information content (AvgIpc) is 3.20. The molecule has 0 aromatic heterocycles. The number of aryl methyl sites for hydroxylation is 1. The molecule has 0 radical (unpaired) electrons. The van der Waals surface area contributed by atoms with E-state index in [1.807, 2.05) is 0 Å². The molecule has 1 aromatic rings. The molecule has 0 saturated carbocycles. The van der Waals surface area contributed by atoms with Gasteiger partial charge in [-0.3, -0.25) is 0 Å². The molecule has 0 amide bonds. The molecule has 1 N–H and O–H groups in total. The van der Waals surface area contributed by atoms with Crippen molar-refractivity contribution >= 4 is 19.7 Å². The molecule has 1 aromatic carbocycles. The van der Waals surface area contributed by atoms with Crippen molar-refractivity contribution in [2.45, 2.75) is 42.1 Å². The molecule has 3 unspecified atom stereocenters. The molecular formula is C17H25NO6S2. The van der Waals surface area contributed by atoms with E-state index in [0.717, 1.165) is 18.4 Å². The molecular weight excluding hydrogens is 378 g/mol. The standard InChI is InChI=1S/C17H25NO6S2/c1-12-5-6-15(23-2)16(8-12)26(21,22)17-11-25(19,20)10-14(17)18-9-13-4-3-7-24-13/h5-6,8,13-14,17-18H,3-4,7,9-11H2,1-2H3. The lowest BCUT2D eigenvalue weighted by molar-refractivity contribution is 0.108. The van der Waals surface area contributed by atoms with E-state index in [0.29, 0.717) is 13.2 Å². The lowest BCUT2D eigenvalue weighted by atomic mass is 10.2. The highest BCUT2D eigenvalue weighted by atomic mass is 32.2. The molecule has 0 spiro atoms. The molecule has 2 aliphatic heterocycles. The van der Waals surface area contributed by atoms with Gasteiger partial charge in [-0.05, 0) is 37.5 Å². The maximum Gasteiger partial charge on any atom is 0.187 e. The van der Waals surface area contributed by atoms with Gasteiger partial charge in [-0.25, -0.2) is 16.8 Å². The lowest BCUT2D eigenvalue weighted by Crippen LogP contribution is -2.46. The molecule has 9 heteroatoms. The summed E-state index contributed by atoms with van der Waals surface area (Å²) in [5, 5.41) is 2.10. The second-order valence-corrected chi connectivity index (χ2v) is 11.3. The predicted molar refractivity (Wildman–Crippen MR) is 98.1 cm³/mol. The molecule has 146 valence electrons. The Bertz CT molecular complexity index is 859. The van der Waals surface area contributed by atoms with Crippen molar-refractivity contribution in [3.8, 4) is 5.75 Å². The van der Waals surface area contributed by atoms with E-state index >= 15 is 0 Å². The first kappa shape index (κ1) is 19.6. The Kier molecular flexibility index (Phi) is 5.62. The number of nitrogens with one attached hydrogen (secondary N) is 1. The first-order valence-corrected chi connectivity index (χ1v) is 12.0. The molecule has 26 heavy (non-hydrogen) atoms. The molecule has 2 saturated heterocycles. The van der Waals surface area contributed by atoms with Crippen molar-refractivity contribution in [1.82, 2.24) is 5.32 Å². The molecule has 3 rings (SSSR count). The normalized spacial score (nSPS) is 28.3. The average molecular weight is 404 g/mol. The van der Waals surface area contributed by atoms with Crippen LogP contribution in [0.15, 0.2) is 23.1 Å². The van der Waals surface area contributed by atoms with E-state index in [2.05, 4.69) is 5.32 Å². The van der Waals surface area contributed by atoms with Gasteiger partial charge in [-0.15, -0.1) is 0 Å². The molecule has 2 fully saturated rings. The topological polar surface area (TPSA) is 98.8 Å². The van der Waals surface area contributed by atoms with Crippen molar-refractivity contribution in [3.05, 3.63) is 23.8 Å². The summed E-state index contributed by atoms with van der Waals surface area (Å²) in [6.45, 7) is 2.94. The zero-order valence-corrected chi connectivity index (χ0v) is 16.6. The first-order valence-electron chi connectivity index (χ1n) is 8.67. The SMILES string of the molecule is COc1ccc(C)cc1S(=O)(=O)C1CS(=O)(=O)CC1NCC1CCCO1. The Balaban J connectivity index is 1.89. The summed E-state index contributed by atoms with van der Waals surface area (Å²) >= 11 is 0. The quantitative estimate of drug-likeness (QED) is 0.747. The fourth-order valence-electron chi connectivity index (χ4n) is 3.57. The molecule has 2 aliphatic rings. The van der Waals surface area contributed by atoms with E-state index in [1.165, 1.54) is 13.2 Å². The van der Waals surface area contributed by atoms with Gasteiger partial charge in [0.15, 0.2) is 19.7 Å². The number of hydrogen-bond donors (Lipinski definition) is 1. The van der Waals surface area contributed by atoms with Gasteiger partial charge in [-0.2, -0.15) is 0 Å². The summed E-state index contributed by atoms with van der Waals surface area (Å²) in [7, 11) is -5.91. The number of benzene rings is 1. The van der Waals surface area contributed by atoms with Gasteiger partial charge in [0, 0.05) is 19.2 Å². The van der Waals surface area contributed by atoms with Gasteiger partial charge >= 0.3 is 0 Å². The molecule has 7 nitrogen and oxygen atoms in total. The largest absolute Gasteiger partial charge is 0.495 e. The lowest BCUT2D eigenvalue weighted by Gasteiger charge is -2.22. The van der Waals surface area contributed by atoms with E-state index < -0.39 is 31.0 Å². The van der Waals surface area contributed by atoms with Crippen LogP contribution in [0.25, 0.3) is 0 Å². The number of ether oxygens (including phenoxy) is 2. The zero-order valence-electron chi connectivity index (χ0n) is 15.0. The summed E-state index contributed by atoms with van der Waals surface area (Å²) in [4.78, 5) is 0.0472. The zero-order chi connectivity index (χ0) is 18.9. The van der Waals surface area contributed by atoms with Crippen molar-refractivity contribution in [3.63, 3.8) is 0 Å². The third-order valence-corrected chi connectivity index (χ3v) is 9.13. The van der Waals surface area contributed by atoms with Gasteiger partial charge < -0.3 is 14.8 Å². The van der Waals surface area contributed by atoms with Crippen LogP contribution in [0.2, 0.25) is 0 Å². The highest BCUT2D eigenvalue weighted by Crippen LogP contribution is 2.32. The Morgan fingerprint density at radius 2 is 2.08 bits per heavy atom. The van der Waals surface area contributed by atoms with Gasteiger partial charge in [0.2, 0.25) is 0 Å². The van der Waals surface area contributed by atoms with Crippen LogP contribution in [0.5, 0.6) is 5.75 Å². The van der Waals surface area contributed by atoms with E-state index in [4.69, 9.17) is 9.47 Å². The third kappa shape index (κ3) is 4.05. The maximum absolute atomic E-state index is 13.2. The van der Waals surface area contributed by atoms with Crippen molar-refractivity contribution in [2.75, 3.05) is 31.8 Å². The summed E-state index contributed by atoms with van der Waals surface area (Å²) in [5.74, 6) is -0.328. The number of methoxy groups -OCH3 is 1. The minimum absolute atomic E-state index is 0.00941. The van der Waals surface area contributed by atoms with E-state index in [9.17, 15) is 16.8 Å². The van der Waals surface area contributed by atoms with Crippen LogP contribution in [-0.4, -0.2) is 66.0 Å². The van der Waals surface area contributed by atoms with Gasteiger partial charge in [0.1, 0.15) is 10.6 Å². The Labute approximate surface area is 154 Å². The summed E-state index contributed by atoms with van der Waals surface area (Å²) in [6.07, 6.45) is 1.88. The van der Waals surface area contributed by atoms with Crippen LogP contribution in [0.1, 0.15) is 18.4 Å². The fraction of sp³-hybridized carbons (Fsp3) is 0.647. The third-order valence-electron chi connectivity index (χ3n) is 4.96. The van der Waals surface area contributed by atoms with Gasteiger partial charge in [0.25, 0.3) is 0 Å². The Morgan fingerprint density at radius 3 is 2.73 bits per heavy atom. The van der Waals surface area contributed by atoms with E-state index in [1.54, 1.807) is 19.1 Å². The second-order valence-electron chi connectivity index (χ2n) is 6.96. The number of rotatable bonds is 6. The molecule has 3 atom stereocenters. The molecule has 0 aliphatic carbocycles. The van der Waals surface area contributed by atoms with Crippen LogP contribution in [0.3, 0.4) is 0 Å². The summed E-state index contributed by atoms with van der Waals surface area (Å²) in [5.41, 5.74) is 0.772. The highest BCUT2D eigenvalue weighted by molar-refractivity contribution is 7.96. The highest BCUT2D eigenvalue weighted by Gasteiger charge is 2.46.